The van der Waals surface area contributed by atoms with Gasteiger partial charge in [-0.1, -0.05) is 0 Å². The van der Waals surface area contributed by atoms with Gasteiger partial charge in [0.2, 0.25) is 0 Å². The molecule has 1 amide bonds. The van der Waals surface area contributed by atoms with E-state index in [4.69, 9.17) is 13.9 Å². The highest BCUT2D eigenvalue weighted by atomic mass is 79.9. The van der Waals surface area contributed by atoms with E-state index in [1.54, 1.807) is 13.8 Å². The Hall–Kier alpha value is -1.83. The number of carbonyl (C=O) groups is 3. The molecule has 0 aliphatic rings. The van der Waals surface area contributed by atoms with Crippen molar-refractivity contribution in [2.24, 2.45) is 0 Å². The second kappa shape index (κ2) is 9.24. The van der Waals surface area contributed by atoms with Gasteiger partial charge in [-0.05, 0) is 36.2 Å². The quantitative estimate of drug-likeness (QED) is 0.698. The van der Waals surface area contributed by atoms with Crippen molar-refractivity contribution in [3.63, 3.8) is 0 Å². The molecule has 0 radical (unpaired) electrons. The predicted molar refractivity (Wildman–Crippen MR) is 80.2 cm³/mol. The number of amides is 1. The van der Waals surface area contributed by atoms with E-state index < -0.39 is 23.9 Å². The van der Waals surface area contributed by atoms with Crippen molar-refractivity contribution in [2.45, 2.75) is 32.7 Å². The molecule has 0 aromatic carbocycles. The number of rotatable bonds is 8. The molecule has 1 atom stereocenters. The molecule has 1 rings (SSSR count). The third-order valence-electron chi connectivity index (χ3n) is 2.65. The highest BCUT2D eigenvalue weighted by Crippen LogP contribution is 2.14. The molecule has 0 fully saturated rings. The van der Waals surface area contributed by atoms with Crippen molar-refractivity contribution in [3.8, 4) is 0 Å². The van der Waals surface area contributed by atoms with E-state index in [1.807, 2.05) is 0 Å². The van der Waals surface area contributed by atoms with E-state index in [0.29, 0.717) is 4.67 Å². The number of nitrogens with one attached hydrogen (secondary N) is 1. The third kappa shape index (κ3) is 5.88. The topological polar surface area (TPSA) is 94.8 Å². The summed E-state index contributed by atoms with van der Waals surface area (Å²) in [4.78, 5) is 35.3. The van der Waals surface area contributed by atoms with Crippen molar-refractivity contribution >= 4 is 33.8 Å². The zero-order chi connectivity index (χ0) is 16.5. The Kier molecular flexibility index (Phi) is 7.65. The van der Waals surface area contributed by atoms with Crippen LogP contribution in [0.3, 0.4) is 0 Å². The minimum atomic E-state index is -0.925. The van der Waals surface area contributed by atoms with E-state index >= 15 is 0 Å². The van der Waals surface area contributed by atoms with E-state index in [0.717, 1.165) is 0 Å². The van der Waals surface area contributed by atoms with E-state index in [1.165, 1.54) is 12.3 Å². The Morgan fingerprint density at radius 1 is 1.27 bits per heavy atom. The Bertz CT molecular complexity index is 527. The van der Waals surface area contributed by atoms with Crippen LogP contribution in [0, 0.1) is 0 Å². The van der Waals surface area contributed by atoms with Gasteiger partial charge in [0, 0.05) is 12.5 Å². The first-order valence-electron chi connectivity index (χ1n) is 6.85. The molecule has 1 heterocycles. The summed E-state index contributed by atoms with van der Waals surface area (Å²) in [5, 5.41) is 2.53. The van der Waals surface area contributed by atoms with Gasteiger partial charge in [0.25, 0.3) is 5.91 Å². The molecule has 0 spiro atoms. The summed E-state index contributed by atoms with van der Waals surface area (Å²) in [6, 6.07) is 0.550. The minimum Gasteiger partial charge on any atom is -0.466 e. The van der Waals surface area contributed by atoms with E-state index in [2.05, 4.69) is 21.2 Å². The highest BCUT2D eigenvalue weighted by molar-refractivity contribution is 9.10. The smallest absolute Gasteiger partial charge is 0.328 e. The fourth-order valence-electron chi connectivity index (χ4n) is 1.66. The second-order valence-electron chi connectivity index (χ2n) is 4.26. The molecule has 1 aromatic rings. The van der Waals surface area contributed by atoms with E-state index in [9.17, 15) is 14.4 Å². The summed E-state index contributed by atoms with van der Waals surface area (Å²) < 4.78 is 15.1. The van der Waals surface area contributed by atoms with Gasteiger partial charge in [-0.2, -0.15) is 0 Å². The van der Waals surface area contributed by atoms with Gasteiger partial charge in [-0.3, -0.25) is 9.59 Å². The van der Waals surface area contributed by atoms with Gasteiger partial charge in [0.1, 0.15) is 12.3 Å². The summed E-state index contributed by atoms with van der Waals surface area (Å²) in [6.07, 6.45) is 1.36. The van der Waals surface area contributed by atoms with Crippen LogP contribution in [0.25, 0.3) is 0 Å². The molecule has 0 saturated heterocycles. The van der Waals surface area contributed by atoms with Gasteiger partial charge < -0.3 is 19.2 Å². The predicted octanol–water partition coefficient (Wildman–Crippen LogP) is 2.05. The van der Waals surface area contributed by atoms with Crippen LogP contribution in [-0.2, 0) is 19.1 Å². The van der Waals surface area contributed by atoms with Crippen molar-refractivity contribution in [1.29, 1.82) is 0 Å². The number of carbonyl (C=O) groups excluding carboxylic acids is 3. The zero-order valence-corrected chi connectivity index (χ0v) is 14.0. The van der Waals surface area contributed by atoms with Crippen LogP contribution in [-0.4, -0.2) is 37.1 Å². The number of esters is 2. The zero-order valence-electron chi connectivity index (χ0n) is 12.4. The Morgan fingerprint density at radius 3 is 2.50 bits per heavy atom. The maximum absolute atomic E-state index is 12.0. The van der Waals surface area contributed by atoms with Crippen molar-refractivity contribution < 1.29 is 28.3 Å². The average molecular weight is 376 g/mol. The van der Waals surface area contributed by atoms with Crippen LogP contribution in [0.4, 0.5) is 0 Å². The Labute approximate surface area is 136 Å². The first-order chi connectivity index (χ1) is 10.5. The SMILES string of the molecule is CCOC(=O)CC[C@@H](NC(=O)c1coc(Br)c1)C(=O)OCC. The summed E-state index contributed by atoms with van der Waals surface area (Å²) in [6.45, 7) is 3.80. The molecule has 0 unspecified atom stereocenters. The van der Waals surface area contributed by atoms with Crippen molar-refractivity contribution in [2.75, 3.05) is 13.2 Å². The monoisotopic (exact) mass is 375 g/mol. The summed E-state index contributed by atoms with van der Waals surface area (Å²) in [5.41, 5.74) is 0.261. The molecular formula is C14H18BrNO6. The fourth-order valence-corrected chi connectivity index (χ4v) is 2.00. The number of ether oxygens (including phenoxy) is 2. The van der Waals surface area contributed by atoms with Crippen LogP contribution in [0.5, 0.6) is 0 Å². The molecular weight excluding hydrogens is 358 g/mol. The molecule has 0 aliphatic carbocycles. The molecule has 1 N–H and O–H groups in total. The third-order valence-corrected chi connectivity index (χ3v) is 3.06. The number of hydrogen-bond donors (Lipinski definition) is 1. The standard InChI is InChI=1S/C14H18BrNO6/c1-3-20-12(17)6-5-10(14(19)21-4-2)16-13(18)9-7-11(15)22-8-9/h7-8,10H,3-6H2,1-2H3,(H,16,18)/t10-/m1/s1. The normalized spacial score (nSPS) is 11.6. The summed E-state index contributed by atoms with van der Waals surface area (Å²) >= 11 is 3.09. The first kappa shape index (κ1) is 18.2. The lowest BCUT2D eigenvalue weighted by atomic mass is 10.1. The maximum atomic E-state index is 12.0. The number of hydrogen-bond acceptors (Lipinski definition) is 6. The van der Waals surface area contributed by atoms with Gasteiger partial charge in [-0.15, -0.1) is 0 Å². The highest BCUT2D eigenvalue weighted by Gasteiger charge is 2.24. The van der Waals surface area contributed by atoms with Crippen LogP contribution in [0.15, 0.2) is 21.4 Å². The maximum Gasteiger partial charge on any atom is 0.328 e. The van der Waals surface area contributed by atoms with Crippen LogP contribution < -0.4 is 5.32 Å². The van der Waals surface area contributed by atoms with Crippen molar-refractivity contribution in [3.05, 3.63) is 22.6 Å². The summed E-state index contributed by atoms with van der Waals surface area (Å²) in [7, 11) is 0. The van der Waals surface area contributed by atoms with Crippen molar-refractivity contribution in [1.82, 2.24) is 5.32 Å². The first-order valence-corrected chi connectivity index (χ1v) is 7.64. The molecule has 0 saturated carbocycles. The molecule has 122 valence electrons. The molecule has 0 aliphatic heterocycles. The van der Waals surface area contributed by atoms with Gasteiger partial charge in [-0.25, -0.2) is 4.79 Å². The second-order valence-corrected chi connectivity index (χ2v) is 5.04. The van der Waals surface area contributed by atoms with Gasteiger partial charge in [0.15, 0.2) is 4.67 Å². The van der Waals surface area contributed by atoms with Crippen LogP contribution >= 0.6 is 15.9 Å². The largest absolute Gasteiger partial charge is 0.466 e. The molecule has 8 heteroatoms. The molecule has 0 bridgehead atoms. The lowest BCUT2D eigenvalue weighted by molar-refractivity contribution is -0.146. The molecule has 7 nitrogen and oxygen atoms in total. The Morgan fingerprint density at radius 2 is 1.95 bits per heavy atom. The number of halogens is 1. The summed E-state index contributed by atoms with van der Waals surface area (Å²) in [5.74, 6) is -1.52. The molecule has 22 heavy (non-hydrogen) atoms. The molecule has 1 aromatic heterocycles. The van der Waals surface area contributed by atoms with Crippen LogP contribution in [0.2, 0.25) is 0 Å². The van der Waals surface area contributed by atoms with Gasteiger partial charge in [0.05, 0.1) is 18.8 Å². The Balaban J connectivity index is 2.66. The van der Waals surface area contributed by atoms with E-state index in [-0.39, 0.29) is 31.6 Å². The fraction of sp³-hybridized carbons (Fsp3) is 0.500. The van der Waals surface area contributed by atoms with Crippen LogP contribution in [0.1, 0.15) is 37.0 Å². The average Bonchev–Trinajstić information content (AvgIpc) is 2.90. The lowest BCUT2D eigenvalue weighted by Crippen LogP contribution is -2.42. The van der Waals surface area contributed by atoms with Gasteiger partial charge >= 0.3 is 11.9 Å². The number of furan rings is 1. The minimum absolute atomic E-state index is 0.00663. The lowest BCUT2D eigenvalue weighted by Gasteiger charge is -2.16.